The van der Waals surface area contributed by atoms with E-state index in [0.29, 0.717) is 25.2 Å². The summed E-state index contributed by atoms with van der Waals surface area (Å²) in [5.74, 6) is -0.437. The molecule has 0 spiro atoms. The van der Waals surface area contributed by atoms with Crippen LogP contribution in [0.25, 0.3) is 0 Å². The van der Waals surface area contributed by atoms with Crippen LogP contribution in [0.15, 0.2) is 29.6 Å². The summed E-state index contributed by atoms with van der Waals surface area (Å²) in [6.07, 6.45) is 1.35. The monoisotopic (exact) mass is 293 g/mol. The van der Waals surface area contributed by atoms with Crippen LogP contribution in [0.3, 0.4) is 0 Å². The third-order valence-corrected chi connectivity index (χ3v) is 3.57. The number of amides is 1. The van der Waals surface area contributed by atoms with E-state index in [1.54, 1.807) is 17.5 Å². The normalized spacial score (nSPS) is 10.5. The number of rotatable bonds is 6. The van der Waals surface area contributed by atoms with Gasteiger partial charge in [-0.3, -0.25) is 4.79 Å². The fraction of sp³-hybridized carbons (Fsp3) is 0.286. The first kappa shape index (κ1) is 14.6. The summed E-state index contributed by atoms with van der Waals surface area (Å²) in [6.45, 7) is 1.10. The minimum Gasteiger partial charge on any atom is -0.351 e. The van der Waals surface area contributed by atoms with Gasteiger partial charge in [0.1, 0.15) is 11.5 Å². The summed E-state index contributed by atoms with van der Waals surface area (Å²) < 4.78 is 12.8. The van der Waals surface area contributed by atoms with Crippen molar-refractivity contribution in [3.8, 4) is 0 Å². The van der Waals surface area contributed by atoms with Gasteiger partial charge in [0.05, 0.1) is 5.01 Å². The number of aromatic nitrogens is 1. The zero-order chi connectivity index (χ0) is 14.4. The lowest BCUT2D eigenvalue weighted by molar-refractivity contribution is 0.0949. The standard InChI is InChI=1S/C14H16FN3OS/c15-11-4-2-10(3-5-11)8-13-18-12(9-20-13)14(19)17-7-1-6-16/h2-5,9H,1,6-8,16H2,(H,17,19). The molecule has 0 aliphatic rings. The molecule has 3 N–H and O–H groups in total. The number of carbonyl (C=O) groups excluding carboxylic acids is 1. The molecule has 1 heterocycles. The Hall–Kier alpha value is -1.79. The largest absolute Gasteiger partial charge is 0.351 e. The van der Waals surface area contributed by atoms with E-state index >= 15 is 0 Å². The molecule has 0 bridgehead atoms. The highest BCUT2D eigenvalue weighted by Crippen LogP contribution is 2.15. The molecule has 0 aliphatic heterocycles. The molecule has 106 valence electrons. The van der Waals surface area contributed by atoms with Crippen molar-refractivity contribution in [1.29, 1.82) is 0 Å². The minimum atomic E-state index is -0.257. The number of hydrogen-bond acceptors (Lipinski definition) is 4. The molecule has 6 heteroatoms. The van der Waals surface area contributed by atoms with Crippen molar-refractivity contribution in [2.45, 2.75) is 12.8 Å². The molecule has 0 saturated heterocycles. The number of nitrogens with one attached hydrogen (secondary N) is 1. The number of carbonyl (C=O) groups is 1. The van der Waals surface area contributed by atoms with Gasteiger partial charge >= 0.3 is 0 Å². The Bertz CT molecular complexity index is 568. The van der Waals surface area contributed by atoms with Crippen LogP contribution in [0.2, 0.25) is 0 Å². The fourth-order valence-electron chi connectivity index (χ4n) is 1.67. The zero-order valence-corrected chi connectivity index (χ0v) is 11.8. The van der Waals surface area contributed by atoms with Crippen LogP contribution in [0.5, 0.6) is 0 Å². The van der Waals surface area contributed by atoms with Gasteiger partial charge in [0.25, 0.3) is 5.91 Å². The van der Waals surface area contributed by atoms with E-state index in [0.717, 1.165) is 17.0 Å². The molecule has 0 radical (unpaired) electrons. The van der Waals surface area contributed by atoms with Crippen LogP contribution < -0.4 is 11.1 Å². The minimum absolute atomic E-state index is 0.181. The Morgan fingerprint density at radius 2 is 2.10 bits per heavy atom. The predicted molar refractivity (Wildman–Crippen MR) is 77.3 cm³/mol. The molecule has 2 rings (SSSR count). The second-order valence-electron chi connectivity index (χ2n) is 4.33. The Labute approximate surface area is 120 Å². The summed E-state index contributed by atoms with van der Waals surface area (Å²) in [5.41, 5.74) is 6.75. The average molecular weight is 293 g/mol. The number of nitrogens with zero attached hydrogens (tertiary/aromatic N) is 1. The van der Waals surface area contributed by atoms with Crippen LogP contribution in [0.4, 0.5) is 4.39 Å². The molecule has 0 atom stereocenters. The SMILES string of the molecule is NCCCNC(=O)c1csc(Cc2ccc(F)cc2)n1. The first-order valence-corrected chi connectivity index (χ1v) is 7.24. The number of benzene rings is 1. The molecule has 0 fully saturated rings. The van der Waals surface area contributed by atoms with E-state index in [4.69, 9.17) is 5.73 Å². The van der Waals surface area contributed by atoms with Gasteiger partial charge in [-0.1, -0.05) is 12.1 Å². The van der Waals surface area contributed by atoms with Gasteiger partial charge in [-0.25, -0.2) is 9.37 Å². The Morgan fingerprint density at radius 1 is 1.35 bits per heavy atom. The number of nitrogens with two attached hydrogens (primary N) is 1. The van der Waals surface area contributed by atoms with Crippen LogP contribution in [-0.4, -0.2) is 24.0 Å². The van der Waals surface area contributed by atoms with Gasteiger partial charge < -0.3 is 11.1 Å². The summed E-state index contributed by atoms with van der Waals surface area (Å²) >= 11 is 1.43. The molecule has 1 aromatic heterocycles. The smallest absolute Gasteiger partial charge is 0.270 e. The topological polar surface area (TPSA) is 68.0 Å². The average Bonchev–Trinajstić information content (AvgIpc) is 2.90. The molecule has 0 aliphatic carbocycles. The Balaban J connectivity index is 1.94. The van der Waals surface area contributed by atoms with Gasteiger partial charge in [0.2, 0.25) is 0 Å². The van der Waals surface area contributed by atoms with E-state index in [1.165, 1.54) is 23.5 Å². The molecular formula is C14H16FN3OS. The van der Waals surface area contributed by atoms with Crippen molar-refractivity contribution in [2.24, 2.45) is 5.73 Å². The third kappa shape index (κ3) is 4.11. The maximum absolute atomic E-state index is 12.8. The van der Waals surface area contributed by atoms with Gasteiger partial charge in [-0.15, -0.1) is 11.3 Å². The number of hydrogen-bond donors (Lipinski definition) is 2. The van der Waals surface area contributed by atoms with Gasteiger partial charge in [-0.05, 0) is 30.7 Å². The second kappa shape index (κ2) is 7.12. The second-order valence-corrected chi connectivity index (χ2v) is 5.27. The highest BCUT2D eigenvalue weighted by Gasteiger charge is 2.10. The summed E-state index contributed by atoms with van der Waals surface area (Å²) in [7, 11) is 0. The lowest BCUT2D eigenvalue weighted by atomic mass is 10.1. The lowest BCUT2D eigenvalue weighted by Gasteiger charge is -2.00. The van der Waals surface area contributed by atoms with Crippen LogP contribution in [0, 0.1) is 5.82 Å². The Kier molecular flexibility index (Phi) is 5.20. The quantitative estimate of drug-likeness (QED) is 0.800. The summed E-state index contributed by atoms with van der Waals surface area (Å²) in [4.78, 5) is 16.1. The van der Waals surface area contributed by atoms with Crippen molar-refractivity contribution in [2.75, 3.05) is 13.1 Å². The van der Waals surface area contributed by atoms with Crippen molar-refractivity contribution < 1.29 is 9.18 Å². The van der Waals surface area contributed by atoms with E-state index in [-0.39, 0.29) is 11.7 Å². The molecule has 20 heavy (non-hydrogen) atoms. The highest BCUT2D eigenvalue weighted by molar-refractivity contribution is 7.09. The van der Waals surface area contributed by atoms with Crippen LogP contribution in [0.1, 0.15) is 27.5 Å². The fourth-order valence-corrected chi connectivity index (χ4v) is 2.48. The summed E-state index contributed by atoms with van der Waals surface area (Å²) in [5, 5.41) is 5.33. The highest BCUT2D eigenvalue weighted by atomic mass is 32.1. The lowest BCUT2D eigenvalue weighted by Crippen LogP contribution is -2.26. The van der Waals surface area contributed by atoms with Crippen molar-refractivity contribution in [3.63, 3.8) is 0 Å². The van der Waals surface area contributed by atoms with E-state index in [1.807, 2.05) is 0 Å². The van der Waals surface area contributed by atoms with Crippen molar-refractivity contribution in [1.82, 2.24) is 10.3 Å². The van der Waals surface area contributed by atoms with Gasteiger partial charge in [0, 0.05) is 18.3 Å². The molecular weight excluding hydrogens is 277 g/mol. The van der Waals surface area contributed by atoms with Gasteiger partial charge in [0.15, 0.2) is 0 Å². The zero-order valence-electron chi connectivity index (χ0n) is 10.9. The molecule has 0 saturated carbocycles. The maximum Gasteiger partial charge on any atom is 0.270 e. The summed E-state index contributed by atoms with van der Waals surface area (Å²) in [6, 6.07) is 6.28. The van der Waals surface area contributed by atoms with E-state index in [9.17, 15) is 9.18 Å². The van der Waals surface area contributed by atoms with Crippen LogP contribution in [-0.2, 0) is 6.42 Å². The molecule has 2 aromatic rings. The first-order chi connectivity index (χ1) is 9.69. The van der Waals surface area contributed by atoms with E-state index < -0.39 is 0 Å². The molecule has 4 nitrogen and oxygen atoms in total. The Morgan fingerprint density at radius 3 is 2.80 bits per heavy atom. The van der Waals surface area contributed by atoms with Crippen LogP contribution >= 0.6 is 11.3 Å². The maximum atomic E-state index is 12.8. The molecule has 1 aromatic carbocycles. The van der Waals surface area contributed by atoms with Crippen molar-refractivity contribution >= 4 is 17.2 Å². The number of thiazole rings is 1. The number of halogens is 1. The first-order valence-electron chi connectivity index (χ1n) is 6.36. The van der Waals surface area contributed by atoms with Gasteiger partial charge in [-0.2, -0.15) is 0 Å². The van der Waals surface area contributed by atoms with E-state index in [2.05, 4.69) is 10.3 Å². The van der Waals surface area contributed by atoms with Crippen molar-refractivity contribution in [3.05, 3.63) is 51.7 Å². The predicted octanol–water partition coefficient (Wildman–Crippen LogP) is 1.95. The molecule has 0 unspecified atom stereocenters. The molecule has 1 amide bonds. The third-order valence-electron chi connectivity index (χ3n) is 2.72.